The number of fused-ring (bicyclic) bond motifs is 1. The van der Waals surface area contributed by atoms with Crippen molar-refractivity contribution in [2.45, 2.75) is 10.6 Å². The van der Waals surface area contributed by atoms with E-state index in [9.17, 15) is 23.0 Å². The molecule has 4 rings (SSSR count). The highest BCUT2D eigenvalue weighted by atomic mass is 79.9. The quantitative estimate of drug-likeness (QED) is 0.411. The molecule has 0 bridgehead atoms. The standard InChI is InChI=1S/C21H16BrFN4O4S2/c1-24-16-7-11-8-18(28)27(20(29)13(11)10-14(16)22)17-5-4-12(9-15(17)23)25-21(30)26-33(31)19-3-2-6-32-19/h2-7,9-10,24H,8H2,1H3,(H2,25,26,30). The molecule has 0 aliphatic carbocycles. The number of rotatable bonds is 5. The van der Waals surface area contributed by atoms with Gasteiger partial charge in [-0.2, -0.15) is 0 Å². The first-order valence-electron chi connectivity index (χ1n) is 9.48. The van der Waals surface area contributed by atoms with Crippen LogP contribution in [0.4, 0.5) is 26.2 Å². The third kappa shape index (κ3) is 4.68. The van der Waals surface area contributed by atoms with Crippen LogP contribution in [0.2, 0.25) is 0 Å². The van der Waals surface area contributed by atoms with Crippen molar-refractivity contribution >= 4 is 73.2 Å². The zero-order valence-electron chi connectivity index (χ0n) is 17.0. The highest BCUT2D eigenvalue weighted by Gasteiger charge is 2.34. The lowest BCUT2D eigenvalue weighted by atomic mass is 9.97. The summed E-state index contributed by atoms with van der Waals surface area (Å²) in [6.07, 6.45) is -0.0700. The van der Waals surface area contributed by atoms with Crippen LogP contribution >= 0.6 is 27.3 Å². The van der Waals surface area contributed by atoms with Crippen LogP contribution in [0, 0.1) is 5.82 Å². The SMILES string of the molecule is CNc1cc2c(cc1Br)C(=O)N(c1ccc(NC(=O)NS(=O)c3cccs3)cc1F)C(=O)C2. The molecule has 3 aromatic rings. The van der Waals surface area contributed by atoms with Crippen molar-refractivity contribution in [1.82, 2.24) is 4.72 Å². The Morgan fingerprint density at radius 3 is 2.67 bits per heavy atom. The van der Waals surface area contributed by atoms with E-state index in [2.05, 4.69) is 31.3 Å². The van der Waals surface area contributed by atoms with Crippen LogP contribution in [0.1, 0.15) is 15.9 Å². The normalized spacial score (nSPS) is 14.0. The average Bonchev–Trinajstić information content (AvgIpc) is 3.30. The van der Waals surface area contributed by atoms with E-state index in [0.717, 1.165) is 16.7 Å². The van der Waals surface area contributed by atoms with E-state index in [1.54, 1.807) is 36.7 Å². The second-order valence-electron chi connectivity index (χ2n) is 6.87. The summed E-state index contributed by atoms with van der Waals surface area (Å²) in [6.45, 7) is 0. The van der Waals surface area contributed by atoms with Gasteiger partial charge in [-0.15, -0.1) is 11.3 Å². The van der Waals surface area contributed by atoms with Gasteiger partial charge in [0.25, 0.3) is 5.91 Å². The molecule has 1 aromatic heterocycles. The van der Waals surface area contributed by atoms with E-state index >= 15 is 0 Å². The molecule has 1 atom stereocenters. The number of carbonyl (C=O) groups is 3. The first kappa shape index (κ1) is 23.1. The Hall–Kier alpha value is -3.09. The van der Waals surface area contributed by atoms with Crippen molar-refractivity contribution in [1.29, 1.82) is 0 Å². The lowest BCUT2D eigenvalue weighted by Crippen LogP contribution is -2.43. The van der Waals surface area contributed by atoms with Gasteiger partial charge in [-0.05, 0) is 63.3 Å². The zero-order valence-corrected chi connectivity index (χ0v) is 20.2. The maximum Gasteiger partial charge on any atom is 0.331 e. The highest BCUT2D eigenvalue weighted by Crippen LogP contribution is 2.33. The molecule has 0 saturated heterocycles. The molecule has 0 fully saturated rings. The Balaban J connectivity index is 1.53. The van der Waals surface area contributed by atoms with Crippen LogP contribution in [0.15, 0.2) is 56.5 Å². The maximum absolute atomic E-state index is 14.9. The summed E-state index contributed by atoms with van der Waals surface area (Å²) in [4.78, 5) is 38.6. The number of amides is 4. The number of hydrogen-bond acceptors (Lipinski definition) is 6. The van der Waals surface area contributed by atoms with Crippen LogP contribution < -0.4 is 20.3 Å². The summed E-state index contributed by atoms with van der Waals surface area (Å²) in [5.74, 6) is -2.09. The minimum atomic E-state index is -1.75. The Bertz CT molecular complexity index is 1300. The van der Waals surface area contributed by atoms with Gasteiger partial charge in [0.05, 0.1) is 12.1 Å². The van der Waals surface area contributed by atoms with E-state index < -0.39 is 34.6 Å². The predicted molar refractivity (Wildman–Crippen MR) is 128 cm³/mol. The largest absolute Gasteiger partial charge is 0.387 e. The van der Waals surface area contributed by atoms with Crippen LogP contribution in [0.3, 0.4) is 0 Å². The third-order valence-corrected chi connectivity index (χ3v) is 7.73. The van der Waals surface area contributed by atoms with Gasteiger partial charge in [-0.25, -0.2) is 18.3 Å². The molecule has 2 aromatic carbocycles. The van der Waals surface area contributed by atoms with Gasteiger partial charge in [-0.1, -0.05) is 6.07 Å². The molecule has 0 radical (unpaired) electrons. The average molecular weight is 551 g/mol. The molecule has 8 nitrogen and oxygen atoms in total. The Labute approximate surface area is 202 Å². The molecule has 1 unspecified atom stereocenters. The van der Waals surface area contributed by atoms with Crippen molar-refractivity contribution in [2.24, 2.45) is 0 Å². The van der Waals surface area contributed by atoms with Crippen molar-refractivity contribution in [2.75, 3.05) is 22.6 Å². The number of nitrogens with zero attached hydrogens (tertiary/aromatic N) is 1. The van der Waals surface area contributed by atoms with E-state index in [-0.39, 0.29) is 23.4 Å². The number of halogens is 2. The number of benzene rings is 2. The number of hydrogen-bond donors (Lipinski definition) is 3. The van der Waals surface area contributed by atoms with E-state index in [1.165, 1.54) is 23.5 Å². The minimum Gasteiger partial charge on any atom is -0.387 e. The van der Waals surface area contributed by atoms with Crippen molar-refractivity contribution in [3.8, 4) is 0 Å². The molecular weight excluding hydrogens is 535 g/mol. The van der Waals surface area contributed by atoms with E-state index in [4.69, 9.17) is 0 Å². The number of thiophene rings is 1. The van der Waals surface area contributed by atoms with E-state index in [1.807, 2.05) is 0 Å². The summed E-state index contributed by atoms with van der Waals surface area (Å²) < 4.78 is 30.3. The Kier molecular flexibility index (Phi) is 6.58. The summed E-state index contributed by atoms with van der Waals surface area (Å²) >= 11 is 4.59. The molecule has 3 N–H and O–H groups in total. The van der Waals surface area contributed by atoms with Gasteiger partial charge in [0.1, 0.15) is 10.0 Å². The second-order valence-corrected chi connectivity index (χ2v) is 10.1. The molecule has 33 heavy (non-hydrogen) atoms. The van der Waals surface area contributed by atoms with Crippen LogP contribution in [-0.2, 0) is 22.2 Å². The summed E-state index contributed by atoms with van der Waals surface area (Å²) in [6, 6.07) is 9.38. The molecule has 0 saturated carbocycles. The molecule has 0 spiro atoms. The fourth-order valence-electron chi connectivity index (χ4n) is 3.30. The van der Waals surface area contributed by atoms with Gasteiger partial charge < -0.3 is 10.6 Å². The number of urea groups is 1. The molecule has 2 heterocycles. The third-order valence-electron chi connectivity index (χ3n) is 4.80. The fraction of sp³-hybridized carbons (Fsp3) is 0.0952. The fourth-order valence-corrected chi connectivity index (χ4v) is 5.45. The molecule has 1 aliphatic rings. The Morgan fingerprint density at radius 2 is 2.00 bits per heavy atom. The van der Waals surface area contributed by atoms with Crippen LogP contribution in [0.5, 0.6) is 0 Å². The summed E-state index contributed by atoms with van der Waals surface area (Å²) in [5.41, 5.74) is 1.40. The van der Waals surface area contributed by atoms with Crippen LogP contribution in [0.25, 0.3) is 0 Å². The van der Waals surface area contributed by atoms with Gasteiger partial charge in [0, 0.05) is 28.5 Å². The molecule has 4 amide bonds. The predicted octanol–water partition coefficient (Wildman–Crippen LogP) is 4.27. The molecule has 12 heteroatoms. The summed E-state index contributed by atoms with van der Waals surface area (Å²) in [7, 11) is -0.0293. The van der Waals surface area contributed by atoms with Gasteiger partial charge >= 0.3 is 6.03 Å². The van der Waals surface area contributed by atoms with Gasteiger partial charge in [-0.3, -0.25) is 14.3 Å². The smallest absolute Gasteiger partial charge is 0.331 e. The van der Waals surface area contributed by atoms with Crippen molar-refractivity contribution in [3.63, 3.8) is 0 Å². The monoisotopic (exact) mass is 550 g/mol. The van der Waals surface area contributed by atoms with Crippen molar-refractivity contribution < 1.29 is 23.0 Å². The first-order valence-corrected chi connectivity index (χ1v) is 12.3. The first-order chi connectivity index (χ1) is 15.8. The number of nitrogens with one attached hydrogen (secondary N) is 3. The number of carbonyl (C=O) groups excluding carboxylic acids is 3. The number of anilines is 3. The van der Waals surface area contributed by atoms with Crippen molar-refractivity contribution in [3.05, 3.63) is 69.3 Å². The molecule has 1 aliphatic heterocycles. The maximum atomic E-state index is 14.9. The number of imide groups is 1. The lowest BCUT2D eigenvalue weighted by molar-refractivity contribution is -0.117. The van der Waals surface area contributed by atoms with Gasteiger partial charge in [0.15, 0.2) is 11.0 Å². The lowest BCUT2D eigenvalue weighted by Gasteiger charge is -2.28. The minimum absolute atomic E-state index is 0.0654. The van der Waals surface area contributed by atoms with E-state index in [0.29, 0.717) is 14.2 Å². The highest BCUT2D eigenvalue weighted by molar-refractivity contribution is 9.10. The molecule has 170 valence electrons. The Morgan fingerprint density at radius 1 is 1.21 bits per heavy atom. The summed E-state index contributed by atoms with van der Waals surface area (Å²) in [5, 5.41) is 7.07. The molecular formula is C21H16BrFN4O4S2. The van der Waals surface area contributed by atoms with Crippen LogP contribution in [-0.4, -0.2) is 29.1 Å². The zero-order chi connectivity index (χ0) is 23.7. The second kappa shape index (κ2) is 9.41. The topological polar surface area (TPSA) is 108 Å². The van der Waals surface area contributed by atoms with Gasteiger partial charge in [0.2, 0.25) is 5.91 Å².